The highest BCUT2D eigenvalue weighted by Crippen LogP contribution is 2.29. The van der Waals surface area contributed by atoms with Crippen molar-refractivity contribution < 1.29 is 4.79 Å². The molecule has 0 aliphatic rings. The molecule has 0 unspecified atom stereocenters. The van der Waals surface area contributed by atoms with Crippen LogP contribution in [-0.4, -0.2) is 13.3 Å². The van der Waals surface area contributed by atoms with Gasteiger partial charge in [-0.3, -0.25) is 0 Å². The van der Waals surface area contributed by atoms with E-state index in [0.29, 0.717) is 12.1 Å². The van der Waals surface area contributed by atoms with Gasteiger partial charge in [0.25, 0.3) is 0 Å². The molecule has 0 radical (unpaired) electrons. The van der Waals surface area contributed by atoms with E-state index in [4.69, 9.17) is 5.73 Å². The SMILES string of the molecule is C=C(CC=O)c1c(N)cccc1NC.CC. The maximum Gasteiger partial charge on any atom is 0.124 e. The molecule has 3 N–H and O–H groups in total. The number of nitrogen functional groups attached to an aromatic ring is 1. The molecular formula is C13H20N2O. The van der Waals surface area contributed by atoms with Crippen LogP contribution >= 0.6 is 0 Å². The van der Waals surface area contributed by atoms with Crippen molar-refractivity contribution >= 4 is 23.2 Å². The zero-order chi connectivity index (χ0) is 12.6. The standard InChI is InChI=1S/C11H14N2O.C2H6/c1-8(6-7-14)11-9(12)4-3-5-10(11)13-2;1-2/h3-5,7,13H,1,6,12H2,2H3;1-2H3. The van der Waals surface area contributed by atoms with Gasteiger partial charge in [0.05, 0.1) is 0 Å². The van der Waals surface area contributed by atoms with Crippen LogP contribution in [0.3, 0.4) is 0 Å². The molecule has 16 heavy (non-hydrogen) atoms. The van der Waals surface area contributed by atoms with Gasteiger partial charge >= 0.3 is 0 Å². The highest BCUT2D eigenvalue weighted by molar-refractivity contribution is 5.87. The second kappa shape index (κ2) is 7.51. The van der Waals surface area contributed by atoms with Crippen molar-refractivity contribution in [3.8, 4) is 0 Å². The molecule has 0 bridgehead atoms. The molecule has 0 atom stereocenters. The van der Waals surface area contributed by atoms with E-state index in [1.807, 2.05) is 33.0 Å². The molecule has 0 aliphatic heterocycles. The molecule has 1 rings (SSSR count). The molecule has 1 aromatic rings. The number of carbonyl (C=O) groups excluding carboxylic acids is 1. The fourth-order valence-corrected chi connectivity index (χ4v) is 1.38. The van der Waals surface area contributed by atoms with E-state index < -0.39 is 0 Å². The van der Waals surface area contributed by atoms with E-state index in [-0.39, 0.29) is 0 Å². The molecule has 0 spiro atoms. The second-order valence-electron chi connectivity index (χ2n) is 2.99. The van der Waals surface area contributed by atoms with Crippen LogP contribution in [0.4, 0.5) is 11.4 Å². The Balaban J connectivity index is 0.00000106. The van der Waals surface area contributed by atoms with Crippen molar-refractivity contribution in [2.45, 2.75) is 20.3 Å². The van der Waals surface area contributed by atoms with Crippen LogP contribution < -0.4 is 11.1 Å². The number of nitrogens with two attached hydrogens (primary N) is 1. The molecule has 0 saturated carbocycles. The van der Waals surface area contributed by atoms with Crippen molar-refractivity contribution in [1.29, 1.82) is 0 Å². The fourth-order valence-electron chi connectivity index (χ4n) is 1.38. The predicted octanol–water partition coefficient (Wildman–Crippen LogP) is 2.94. The maximum atomic E-state index is 10.4. The summed E-state index contributed by atoms with van der Waals surface area (Å²) in [6.45, 7) is 7.83. The first kappa shape index (κ1) is 14.2. The van der Waals surface area contributed by atoms with Crippen LogP contribution in [0.5, 0.6) is 0 Å². The number of hydrogen-bond acceptors (Lipinski definition) is 3. The average molecular weight is 220 g/mol. The minimum Gasteiger partial charge on any atom is -0.398 e. The maximum absolute atomic E-state index is 10.4. The Kier molecular flexibility index (Phi) is 6.68. The summed E-state index contributed by atoms with van der Waals surface area (Å²) in [7, 11) is 1.81. The molecule has 0 saturated heterocycles. The third kappa shape index (κ3) is 3.42. The molecule has 3 heteroatoms. The first-order valence-electron chi connectivity index (χ1n) is 5.38. The monoisotopic (exact) mass is 220 g/mol. The lowest BCUT2D eigenvalue weighted by atomic mass is 10.0. The minimum absolute atomic E-state index is 0.308. The normalized spacial score (nSPS) is 8.69. The van der Waals surface area contributed by atoms with Crippen LogP contribution in [0.15, 0.2) is 24.8 Å². The minimum atomic E-state index is 0.308. The molecule has 0 fully saturated rings. The van der Waals surface area contributed by atoms with E-state index in [1.165, 1.54) is 0 Å². The van der Waals surface area contributed by atoms with Crippen molar-refractivity contribution in [3.63, 3.8) is 0 Å². The summed E-state index contributed by atoms with van der Waals surface area (Å²) in [6.07, 6.45) is 1.14. The highest BCUT2D eigenvalue weighted by Gasteiger charge is 2.07. The van der Waals surface area contributed by atoms with Gasteiger partial charge in [-0.1, -0.05) is 26.5 Å². The van der Waals surface area contributed by atoms with Gasteiger partial charge < -0.3 is 15.8 Å². The summed E-state index contributed by atoms with van der Waals surface area (Å²) in [6, 6.07) is 5.56. The fraction of sp³-hybridized carbons (Fsp3) is 0.308. The molecule has 88 valence electrons. The smallest absolute Gasteiger partial charge is 0.124 e. The number of anilines is 2. The van der Waals surface area contributed by atoms with Gasteiger partial charge in [-0.05, 0) is 17.7 Å². The Hall–Kier alpha value is -1.77. The highest BCUT2D eigenvalue weighted by atomic mass is 16.1. The van der Waals surface area contributed by atoms with Crippen molar-refractivity contribution in [2.75, 3.05) is 18.1 Å². The summed E-state index contributed by atoms with van der Waals surface area (Å²) in [5, 5.41) is 3.02. The van der Waals surface area contributed by atoms with E-state index in [0.717, 1.165) is 23.1 Å². The lowest BCUT2D eigenvalue weighted by molar-refractivity contribution is -0.107. The second-order valence-corrected chi connectivity index (χ2v) is 2.99. The summed E-state index contributed by atoms with van der Waals surface area (Å²) in [5.41, 5.74) is 8.93. The van der Waals surface area contributed by atoms with E-state index in [2.05, 4.69) is 11.9 Å². The lowest BCUT2D eigenvalue weighted by Gasteiger charge is -2.12. The number of nitrogens with one attached hydrogen (secondary N) is 1. The van der Waals surface area contributed by atoms with Gasteiger partial charge in [0.1, 0.15) is 6.29 Å². The van der Waals surface area contributed by atoms with Crippen LogP contribution in [0.1, 0.15) is 25.8 Å². The van der Waals surface area contributed by atoms with E-state index in [1.54, 1.807) is 6.07 Å². The molecule has 1 aromatic carbocycles. The van der Waals surface area contributed by atoms with E-state index >= 15 is 0 Å². The Morgan fingerprint density at radius 1 is 1.50 bits per heavy atom. The number of benzene rings is 1. The Morgan fingerprint density at radius 3 is 2.62 bits per heavy atom. The van der Waals surface area contributed by atoms with Crippen LogP contribution in [0.25, 0.3) is 5.57 Å². The largest absolute Gasteiger partial charge is 0.398 e. The van der Waals surface area contributed by atoms with Gasteiger partial charge in [-0.2, -0.15) is 0 Å². The average Bonchev–Trinajstić information content (AvgIpc) is 2.31. The first-order valence-corrected chi connectivity index (χ1v) is 5.38. The molecular weight excluding hydrogens is 200 g/mol. The number of rotatable bonds is 4. The molecule has 3 nitrogen and oxygen atoms in total. The topological polar surface area (TPSA) is 55.1 Å². The van der Waals surface area contributed by atoms with Crippen LogP contribution in [0, 0.1) is 0 Å². The number of hydrogen-bond donors (Lipinski definition) is 2. The lowest BCUT2D eigenvalue weighted by Crippen LogP contribution is -1.99. The van der Waals surface area contributed by atoms with E-state index in [9.17, 15) is 4.79 Å². The van der Waals surface area contributed by atoms with Gasteiger partial charge in [-0.15, -0.1) is 0 Å². The summed E-state index contributed by atoms with van der Waals surface area (Å²) in [5.74, 6) is 0. The number of allylic oxidation sites excluding steroid dienone is 1. The Labute approximate surface area is 97.4 Å². The Bertz CT molecular complexity index is 359. The Morgan fingerprint density at radius 2 is 2.12 bits per heavy atom. The zero-order valence-corrected chi connectivity index (χ0v) is 10.2. The van der Waals surface area contributed by atoms with Crippen LogP contribution in [0.2, 0.25) is 0 Å². The predicted molar refractivity (Wildman–Crippen MR) is 71.5 cm³/mol. The number of aldehydes is 1. The van der Waals surface area contributed by atoms with Crippen molar-refractivity contribution in [2.24, 2.45) is 0 Å². The number of carbonyl (C=O) groups is 1. The summed E-state index contributed by atoms with van der Waals surface area (Å²) >= 11 is 0. The molecule has 0 heterocycles. The van der Waals surface area contributed by atoms with Gasteiger partial charge in [0.2, 0.25) is 0 Å². The van der Waals surface area contributed by atoms with Crippen molar-refractivity contribution in [3.05, 3.63) is 30.3 Å². The van der Waals surface area contributed by atoms with Crippen LogP contribution in [-0.2, 0) is 4.79 Å². The van der Waals surface area contributed by atoms with Gasteiger partial charge in [-0.25, -0.2) is 0 Å². The summed E-state index contributed by atoms with van der Waals surface area (Å²) in [4.78, 5) is 10.4. The summed E-state index contributed by atoms with van der Waals surface area (Å²) < 4.78 is 0. The van der Waals surface area contributed by atoms with Gasteiger partial charge in [0.15, 0.2) is 0 Å². The molecule has 0 aromatic heterocycles. The first-order chi connectivity index (χ1) is 7.70. The quantitative estimate of drug-likeness (QED) is 0.606. The molecule has 0 amide bonds. The zero-order valence-electron chi connectivity index (χ0n) is 10.2. The van der Waals surface area contributed by atoms with Crippen molar-refractivity contribution in [1.82, 2.24) is 0 Å². The third-order valence-electron chi connectivity index (χ3n) is 2.05. The molecule has 0 aliphatic carbocycles. The van der Waals surface area contributed by atoms with Gasteiger partial charge in [0, 0.05) is 30.4 Å². The third-order valence-corrected chi connectivity index (χ3v) is 2.05.